The Labute approximate surface area is 159 Å². The van der Waals surface area contributed by atoms with Gasteiger partial charge in [0.05, 0.1) is 6.61 Å². The standard InChI is InChI=1S/C21H26N2O4/c1-2-26-13-3-4-14-27-21(25)23-20-11-7-18(8-12-20)15-17-5-9-19(10-6-17)22-16-24/h5-12,16H,2-4,13-15H2,1H3,(H,22,24)(H,23,25). The molecule has 0 saturated carbocycles. The Hall–Kier alpha value is -2.86. The Morgan fingerprint density at radius 2 is 1.52 bits per heavy atom. The van der Waals surface area contributed by atoms with E-state index in [1.807, 2.05) is 55.5 Å². The summed E-state index contributed by atoms with van der Waals surface area (Å²) in [7, 11) is 0. The molecule has 2 aromatic rings. The second-order valence-corrected chi connectivity index (χ2v) is 6.00. The van der Waals surface area contributed by atoms with Crippen LogP contribution in [0.25, 0.3) is 0 Å². The molecule has 0 bridgehead atoms. The lowest BCUT2D eigenvalue weighted by Gasteiger charge is -2.08. The van der Waals surface area contributed by atoms with Crippen LogP contribution in [0.15, 0.2) is 48.5 Å². The molecule has 0 aliphatic rings. The fourth-order valence-electron chi connectivity index (χ4n) is 2.50. The lowest BCUT2D eigenvalue weighted by atomic mass is 10.0. The molecule has 2 N–H and O–H groups in total. The molecule has 144 valence electrons. The van der Waals surface area contributed by atoms with Crippen LogP contribution in [0.4, 0.5) is 16.2 Å². The van der Waals surface area contributed by atoms with E-state index in [1.165, 1.54) is 0 Å². The lowest BCUT2D eigenvalue weighted by Crippen LogP contribution is -2.14. The second kappa shape index (κ2) is 11.7. The predicted octanol–water partition coefficient (Wildman–Crippen LogP) is 4.21. The van der Waals surface area contributed by atoms with Crippen LogP contribution in [0.2, 0.25) is 0 Å². The zero-order valence-electron chi connectivity index (χ0n) is 15.6. The SMILES string of the molecule is CCOCCCCOC(=O)Nc1ccc(Cc2ccc(NC=O)cc2)cc1. The molecular weight excluding hydrogens is 344 g/mol. The molecule has 0 heterocycles. The molecule has 2 aromatic carbocycles. The van der Waals surface area contributed by atoms with E-state index in [9.17, 15) is 9.59 Å². The van der Waals surface area contributed by atoms with Crippen molar-refractivity contribution in [3.05, 3.63) is 59.7 Å². The molecule has 6 heteroatoms. The highest BCUT2D eigenvalue weighted by Gasteiger charge is 2.04. The van der Waals surface area contributed by atoms with E-state index in [1.54, 1.807) is 0 Å². The number of hydrogen-bond acceptors (Lipinski definition) is 4. The summed E-state index contributed by atoms with van der Waals surface area (Å²) in [6.07, 6.45) is 2.64. The van der Waals surface area contributed by atoms with Crippen molar-refractivity contribution in [3.8, 4) is 0 Å². The first-order valence-corrected chi connectivity index (χ1v) is 9.11. The van der Waals surface area contributed by atoms with Crippen molar-refractivity contribution in [3.63, 3.8) is 0 Å². The molecule has 27 heavy (non-hydrogen) atoms. The van der Waals surface area contributed by atoms with E-state index < -0.39 is 6.09 Å². The molecule has 0 saturated heterocycles. The number of amides is 2. The molecule has 2 amide bonds. The van der Waals surface area contributed by atoms with Crippen molar-refractivity contribution in [1.29, 1.82) is 0 Å². The van der Waals surface area contributed by atoms with Crippen molar-refractivity contribution < 1.29 is 19.1 Å². The van der Waals surface area contributed by atoms with Gasteiger partial charge in [0.1, 0.15) is 0 Å². The summed E-state index contributed by atoms with van der Waals surface area (Å²) < 4.78 is 10.4. The first kappa shape index (κ1) is 20.5. The van der Waals surface area contributed by atoms with Crippen molar-refractivity contribution in [2.45, 2.75) is 26.2 Å². The Balaban J connectivity index is 1.74. The molecule has 0 radical (unpaired) electrons. The zero-order valence-corrected chi connectivity index (χ0v) is 15.6. The number of nitrogens with one attached hydrogen (secondary N) is 2. The number of carbonyl (C=O) groups is 2. The van der Waals surface area contributed by atoms with Gasteiger partial charge in [0.2, 0.25) is 6.41 Å². The minimum Gasteiger partial charge on any atom is -0.449 e. The highest BCUT2D eigenvalue weighted by molar-refractivity contribution is 5.84. The fourth-order valence-corrected chi connectivity index (χ4v) is 2.50. The Bertz CT molecular complexity index is 699. The number of hydrogen-bond donors (Lipinski definition) is 2. The largest absolute Gasteiger partial charge is 0.449 e. The van der Waals surface area contributed by atoms with Gasteiger partial charge >= 0.3 is 6.09 Å². The topological polar surface area (TPSA) is 76.7 Å². The Morgan fingerprint density at radius 1 is 0.926 bits per heavy atom. The van der Waals surface area contributed by atoms with Gasteiger partial charge < -0.3 is 14.8 Å². The summed E-state index contributed by atoms with van der Waals surface area (Å²) in [6, 6.07) is 15.3. The minimum absolute atomic E-state index is 0.381. The van der Waals surface area contributed by atoms with Gasteiger partial charge in [-0.2, -0.15) is 0 Å². The molecule has 0 aliphatic heterocycles. The number of unbranched alkanes of at least 4 members (excludes halogenated alkanes) is 1. The van der Waals surface area contributed by atoms with Crippen LogP contribution in [0.3, 0.4) is 0 Å². The van der Waals surface area contributed by atoms with Crippen LogP contribution in [-0.4, -0.2) is 32.3 Å². The third-order valence-electron chi connectivity index (χ3n) is 3.91. The number of carbonyl (C=O) groups excluding carboxylic acids is 2. The average molecular weight is 370 g/mol. The van der Waals surface area contributed by atoms with Crippen molar-refractivity contribution in [1.82, 2.24) is 0 Å². The van der Waals surface area contributed by atoms with Gasteiger partial charge in [0.15, 0.2) is 0 Å². The van der Waals surface area contributed by atoms with Gasteiger partial charge in [-0.1, -0.05) is 24.3 Å². The normalized spacial score (nSPS) is 10.3. The second-order valence-electron chi connectivity index (χ2n) is 6.00. The van der Waals surface area contributed by atoms with Crippen LogP contribution in [0.1, 0.15) is 30.9 Å². The van der Waals surface area contributed by atoms with Gasteiger partial charge in [0.25, 0.3) is 0 Å². The summed E-state index contributed by atoms with van der Waals surface area (Å²) in [5.41, 5.74) is 3.73. The maximum atomic E-state index is 11.8. The molecule has 0 fully saturated rings. The quantitative estimate of drug-likeness (QED) is 0.459. The summed E-state index contributed by atoms with van der Waals surface area (Å²) >= 11 is 0. The third-order valence-corrected chi connectivity index (χ3v) is 3.91. The van der Waals surface area contributed by atoms with Crippen LogP contribution in [0, 0.1) is 0 Å². The van der Waals surface area contributed by atoms with Crippen LogP contribution >= 0.6 is 0 Å². The highest BCUT2D eigenvalue weighted by atomic mass is 16.5. The molecule has 2 rings (SSSR count). The zero-order chi connectivity index (χ0) is 19.3. The maximum Gasteiger partial charge on any atom is 0.411 e. The molecule has 0 aliphatic carbocycles. The summed E-state index contributed by atoms with van der Waals surface area (Å²) in [4.78, 5) is 22.2. The van der Waals surface area contributed by atoms with E-state index in [0.29, 0.717) is 31.9 Å². The minimum atomic E-state index is -0.447. The van der Waals surface area contributed by atoms with E-state index in [2.05, 4.69) is 10.6 Å². The monoisotopic (exact) mass is 370 g/mol. The third kappa shape index (κ3) is 7.92. The number of ether oxygens (including phenoxy) is 2. The molecule has 0 atom stereocenters. The van der Waals surface area contributed by atoms with Gasteiger partial charge in [-0.3, -0.25) is 10.1 Å². The van der Waals surface area contributed by atoms with Crippen LogP contribution in [0.5, 0.6) is 0 Å². The molecule has 0 spiro atoms. The Kier molecular flexibility index (Phi) is 8.86. The van der Waals surface area contributed by atoms with Crippen LogP contribution < -0.4 is 10.6 Å². The molecular formula is C21H26N2O4. The first-order chi connectivity index (χ1) is 13.2. The number of anilines is 2. The maximum absolute atomic E-state index is 11.8. The van der Waals surface area contributed by atoms with Gasteiger partial charge in [-0.15, -0.1) is 0 Å². The molecule has 0 aromatic heterocycles. The first-order valence-electron chi connectivity index (χ1n) is 9.11. The van der Waals surface area contributed by atoms with E-state index in [0.717, 1.165) is 36.1 Å². The fraction of sp³-hybridized carbons (Fsp3) is 0.333. The van der Waals surface area contributed by atoms with E-state index >= 15 is 0 Å². The summed E-state index contributed by atoms with van der Waals surface area (Å²) in [6.45, 7) is 3.74. The number of rotatable bonds is 11. The molecule has 6 nitrogen and oxygen atoms in total. The lowest BCUT2D eigenvalue weighted by molar-refractivity contribution is -0.105. The predicted molar refractivity (Wildman–Crippen MR) is 106 cm³/mol. The summed E-state index contributed by atoms with van der Waals surface area (Å²) in [5.74, 6) is 0. The van der Waals surface area contributed by atoms with Gasteiger partial charge in [0, 0.05) is 24.6 Å². The van der Waals surface area contributed by atoms with Crippen molar-refractivity contribution >= 4 is 23.9 Å². The van der Waals surface area contributed by atoms with E-state index in [-0.39, 0.29) is 0 Å². The van der Waals surface area contributed by atoms with Crippen molar-refractivity contribution in [2.24, 2.45) is 0 Å². The van der Waals surface area contributed by atoms with Gasteiger partial charge in [-0.05, 0) is 61.6 Å². The highest BCUT2D eigenvalue weighted by Crippen LogP contribution is 2.16. The Morgan fingerprint density at radius 3 is 2.11 bits per heavy atom. The average Bonchev–Trinajstić information content (AvgIpc) is 2.68. The van der Waals surface area contributed by atoms with Gasteiger partial charge in [-0.25, -0.2) is 4.79 Å². The summed E-state index contributed by atoms with van der Waals surface area (Å²) in [5, 5.41) is 5.34. The van der Waals surface area contributed by atoms with E-state index in [4.69, 9.17) is 9.47 Å². The smallest absolute Gasteiger partial charge is 0.411 e. The van der Waals surface area contributed by atoms with Crippen LogP contribution in [-0.2, 0) is 20.7 Å². The molecule has 0 unspecified atom stereocenters. The number of benzene rings is 2. The van der Waals surface area contributed by atoms with Crippen molar-refractivity contribution in [2.75, 3.05) is 30.5 Å².